The van der Waals surface area contributed by atoms with E-state index in [0.29, 0.717) is 102 Å². The van der Waals surface area contributed by atoms with Crippen LogP contribution < -0.4 is 37.6 Å². The monoisotopic (exact) mass is 1660 g/mol. The summed E-state index contributed by atoms with van der Waals surface area (Å²) in [4.78, 5) is 144. The summed E-state index contributed by atoms with van der Waals surface area (Å²) in [5.41, 5.74) is 14.6. The number of likely N-dealkylation sites (N-methyl/N-ethyl adjacent to an activating group) is 2. The Bertz CT molecular complexity index is 3490. The summed E-state index contributed by atoms with van der Waals surface area (Å²) in [5.74, 6) is -5.90. The number of anilines is 1. The summed E-state index contributed by atoms with van der Waals surface area (Å²) >= 11 is 1.47. The zero-order valence-electron chi connectivity index (χ0n) is 67.3. The third-order valence-corrected chi connectivity index (χ3v) is 20.1. The molecule has 11 unspecified atom stereocenters. The maximum Gasteiger partial charge on any atom is 0.410 e. The van der Waals surface area contributed by atoms with Crippen molar-refractivity contribution in [3.05, 3.63) is 99.9 Å². The van der Waals surface area contributed by atoms with Gasteiger partial charge in [0.1, 0.15) is 41.5 Å². The number of nitrogens with zero attached hydrogens (tertiary/aromatic N) is 7. The molecule has 1 radical (unpaired) electrons. The Balaban J connectivity index is 0.0000264. The number of thiazole rings is 1. The van der Waals surface area contributed by atoms with Gasteiger partial charge >= 0.3 is 12.1 Å². The minimum atomic E-state index is -1.13. The molecule has 5 rings (SSSR count). The largest absolute Gasteiger partial charge is 0.668 e. The first-order valence-electron chi connectivity index (χ1n) is 38.2. The summed E-state index contributed by atoms with van der Waals surface area (Å²) in [6, 6.07) is 9.77. The molecule has 35 heteroatoms. The van der Waals surface area contributed by atoms with Gasteiger partial charge in [0, 0.05) is 104 Å². The van der Waals surface area contributed by atoms with Gasteiger partial charge in [-0.25, -0.2) is 19.3 Å². The second-order valence-electron chi connectivity index (χ2n) is 28.7. The summed E-state index contributed by atoms with van der Waals surface area (Å²) in [6.07, 6.45) is 3.85. The minimum Gasteiger partial charge on any atom is -0.668 e. The minimum absolute atomic E-state index is 0. The summed E-state index contributed by atoms with van der Waals surface area (Å²) in [6.45, 7) is 20.0. The van der Waals surface area contributed by atoms with Crippen molar-refractivity contribution in [3.63, 3.8) is 0 Å². The zero-order valence-corrected chi connectivity index (χ0v) is 71.0. The van der Waals surface area contributed by atoms with Gasteiger partial charge in [-0.3, -0.25) is 38.5 Å². The molecule has 0 saturated carbocycles. The van der Waals surface area contributed by atoms with Crippen molar-refractivity contribution in [2.75, 3.05) is 106 Å². The van der Waals surface area contributed by atoms with Gasteiger partial charge in [0.25, 0.3) is 0 Å². The first-order chi connectivity index (χ1) is 53.1. The van der Waals surface area contributed by atoms with Crippen LogP contribution in [-0.2, 0) is 135 Å². The average Bonchev–Trinajstić information content (AvgIpc) is 1.37. The van der Waals surface area contributed by atoms with Gasteiger partial charge in [0.2, 0.25) is 41.4 Å². The molecule has 1 saturated heterocycles. The van der Waals surface area contributed by atoms with Crippen molar-refractivity contribution in [2.24, 2.45) is 35.3 Å². The van der Waals surface area contributed by atoms with Crippen LogP contribution in [-0.4, -0.2) is 243 Å². The molecular weight excluding hydrogens is 1540 g/mol. The van der Waals surface area contributed by atoms with E-state index in [1.165, 1.54) is 30.4 Å². The number of urea groups is 1. The number of likely N-dealkylation sites (tertiary alicyclic amines) is 1. The Morgan fingerprint density at radius 3 is 1.93 bits per heavy atom. The van der Waals surface area contributed by atoms with Crippen LogP contribution in [0.15, 0.2) is 72.4 Å². The van der Waals surface area contributed by atoms with Crippen LogP contribution in [0.2, 0.25) is 0 Å². The van der Waals surface area contributed by atoms with E-state index >= 15 is 0 Å². The molecule has 11 amide bonds. The van der Waals surface area contributed by atoms with E-state index in [0.717, 1.165) is 10.6 Å². The van der Waals surface area contributed by atoms with Gasteiger partial charge < -0.3 is 95.9 Å². The number of nitrogens with one attached hydrogen (secondary N) is 7. The molecule has 621 valence electrons. The van der Waals surface area contributed by atoms with E-state index in [9.17, 15) is 47.9 Å². The van der Waals surface area contributed by atoms with Crippen molar-refractivity contribution in [2.45, 2.75) is 194 Å². The first-order valence-corrected chi connectivity index (χ1v) is 39.1. The number of hydrogen-bond acceptors (Lipinski definition) is 22. The number of nitrogens with two attached hydrogens (primary N) is 1. The fourth-order valence-electron chi connectivity index (χ4n) is 13.0. The predicted octanol–water partition coefficient (Wildman–Crippen LogP) is 6.14. The predicted molar refractivity (Wildman–Crippen MR) is 415 cm³/mol. The molecule has 2 aromatic heterocycles. The molecule has 1 fully saturated rings. The number of hydrogen-bond donors (Lipinski definition) is 7. The number of carbonyl (C=O) groups excluding carboxylic acids is 10. The van der Waals surface area contributed by atoms with Crippen LogP contribution in [0.5, 0.6) is 0 Å². The molecule has 1 aliphatic rings. The van der Waals surface area contributed by atoms with Crippen molar-refractivity contribution in [3.8, 4) is 0 Å². The van der Waals surface area contributed by atoms with Crippen LogP contribution >= 0.6 is 11.3 Å². The molecule has 11 atom stereocenters. The van der Waals surface area contributed by atoms with Gasteiger partial charge in [0.15, 0.2) is 0 Å². The van der Waals surface area contributed by atoms with Crippen molar-refractivity contribution < 1.29 is 119 Å². The summed E-state index contributed by atoms with van der Waals surface area (Å²) in [5, 5.41) is 27.8. The van der Waals surface area contributed by atoms with E-state index in [4.69, 9.17) is 49.4 Å². The van der Waals surface area contributed by atoms with Gasteiger partial charge in [0.05, 0.1) is 127 Å². The van der Waals surface area contributed by atoms with Gasteiger partial charge in [-0.1, -0.05) is 116 Å². The standard InChI is InChI=1S/C77H121N15O18S.Y/c1-14-52(8)68(61(103-12)45-64(95)92-32-19-23-60(92)69(104-13)53(9)70(96)84-59(74-80-31-43-111-74)44-54-20-16-15-17-21-54)89(10)75(100)66(50(4)5)86-73(99)67(51(6)7)90(11)77(102)110-47-55-24-26-56(27-25-55)82-71(97)58(22-18-30-81-76(79)101)83-72(98)65(49(2)3)85-63(94)29-35-109-48-57-46-91(88-87-57)33-36-106-38-40-108-42-41-107-39-37-105-34-28-62(78)93;/h15-17,20-21,24-27,31,43,46,49-53,58-61,65-69H,14,18-19,22-23,28-30,32-42,44-45,47-48H2,1-13H3,(H10,78,79,81,82,83,84,85,86,93,94,96,97,98,99,101);/p-1. The van der Waals surface area contributed by atoms with Crippen LogP contribution in [0.1, 0.15) is 142 Å². The summed E-state index contributed by atoms with van der Waals surface area (Å²) < 4.78 is 47.0. The van der Waals surface area contributed by atoms with Crippen molar-refractivity contribution in [1.29, 1.82) is 0 Å². The maximum atomic E-state index is 14.9. The Labute approximate surface area is 687 Å². The Morgan fingerprint density at radius 2 is 1.34 bits per heavy atom. The van der Waals surface area contributed by atoms with E-state index < -0.39 is 120 Å². The molecule has 0 aliphatic carbocycles. The number of benzene rings is 2. The number of amides is 11. The molecule has 3 heterocycles. The SMILES string of the molecule is CCC(C)C(C(CC(=O)N1CCCC1C(OC)C(C)C(=O)NC(Cc1ccccc1)c1nccs1)OC)N(C)C(=O)C(NC(=O)C(C(C)C)N(C)C(=O)OCc1ccc(NC(=O)C(CCCNC(N)=O)NC(=O)C(NC(=O)CCOCc2cn(CCOCCOCCOCCOCCC([NH-])=O)nn2)C(C)C)cc1)C(C)C.[Y]. The molecule has 9 N–H and O–H groups in total. The third-order valence-electron chi connectivity index (χ3n) is 19.3. The van der Waals surface area contributed by atoms with Crippen LogP contribution in [0.3, 0.4) is 0 Å². The van der Waals surface area contributed by atoms with E-state index in [2.05, 4.69) is 47.2 Å². The van der Waals surface area contributed by atoms with Crippen LogP contribution in [0.25, 0.3) is 5.73 Å². The second kappa shape index (κ2) is 51.9. The van der Waals surface area contributed by atoms with E-state index in [1.54, 1.807) is 93.0 Å². The molecule has 4 aromatic rings. The second-order valence-corrected chi connectivity index (χ2v) is 29.6. The molecule has 33 nitrogen and oxygen atoms in total. The average molecular weight is 1660 g/mol. The quantitative estimate of drug-likeness (QED) is 0.0244. The molecular formula is C77H120N15O18SY-. The van der Waals surface area contributed by atoms with E-state index in [-0.39, 0.29) is 122 Å². The fourth-order valence-corrected chi connectivity index (χ4v) is 13.7. The zero-order chi connectivity index (χ0) is 81.5. The van der Waals surface area contributed by atoms with Crippen molar-refractivity contribution >= 4 is 76.4 Å². The first kappa shape index (κ1) is 96.7. The smallest absolute Gasteiger partial charge is 0.410 e. The molecule has 1 aliphatic heterocycles. The topological polar surface area (TPSA) is 420 Å². The number of methoxy groups -OCH3 is 2. The number of aromatic nitrogens is 4. The molecule has 2 aromatic carbocycles. The maximum absolute atomic E-state index is 14.9. The molecule has 112 heavy (non-hydrogen) atoms. The van der Waals surface area contributed by atoms with Crippen molar-refractivity contribution in [1.82, 2.24) is 61.3 Å². The molecule has 0 spiro atoms. The number of rotatable bonds is 53. The van der Waals surface area contributed by atoms with E-state index in [1.807, 2.05) is 70.3 Å². The Hall–Kier alpha value is -7.67. The van der Waals surface area contributed by atoms with Gasteiger partial charge in [-0.15, -0.1) is 16.4 Å². The third kappa shape index (κ3) is 33.0. The number of carbonyl (C=O) groups is 10. The Morgan fingerprint density at radius 1 is 0.696 bits per heavy atom. The van der Waals surface area contributed by atoms with Gasteiger partial charge in [-0.05, 0) is 79.0 Å². The summed E-state index contributed by atoms with van der Waals surface area (Å²) in [7, 11) is 6.16. The molecule has 0 bridgehead atoms. The van der Waals surface area contributed by atoms with Crippen LogP contribution in [0, 0.1) is 29.6 Å². The number of primary amides is 1. The normalized spacial score (nSPS) is 15.5. The number of ether oxygens (including phenoxy) is 8. The Kier molecular flexibility index (Phi) is 44.9. The fraction of sp³-hybridized carbons (Fsp3) is 0.649. The van der Waals surface area contributed by atoms with Gasteiger partial charge in [-0.2, -0.15) is 0 Å². The van der Waals surface area contributed by atoms with Crippen LogP contribution in [0.4, 0.5) is 15.3 Å².